The van der Waals surface area contributed by atoms with Crippen LogP contribution in [0.3, 0.4) is 0 Å². The maximum atomic E-state index is 12.0. The first-order valence-electron chi connectivity index (χ1n) is 6.63. The number of likely N-dealkylation sites (tertiary alicyclic amines) is 1. The number of fused-ring (bicyclic) bond motifs is 1. The minimum absolute atomic E-state index is 0. The number of ketones is 1. The number of Topliss-reactive ketones (excluding diaryl/α,β-unsaturated/α-hetero) is 1. The van der Waals surface area contributed by atoms with Crippen LogP contribution in [0.2, 0.25) is 0 Å². The minimum Gasteiger partial charge on any atom is -0.296 e. The predicted molar refractivity (Wildman–Crippen MR) is 75.5 cm³/mol. The van der Waals surface area contributed by atoms with Crippen LogP contribution >= 0.6 is 12.4 Å². The molecule has 2 nitrogen and oxygen atoms in total. The van der Waals surface area contributed by atoms with Crippen molar-refractivity contribution < 1.29 is 4.79 Å². The van der Waals surface area contributed by atoms with Crippen LogP contribution in [0, 0.1) is 6.92 Å². The normalized spacial score (nSPS) is 23.6. The Kier molecular flexibility index (Phi) is 4.08. The van der Waals surface area contributed by atoms with E-state index in [0.29, 0.717) is 18.2 Å². The fourth-order valence-corrected chi connectivity index (χ4v) is 3.16. The first-order chi connectivity index (χ1) is 8.25. The third-order valence-electron chi connectivity index (χ3n) is 4.08. The second kappa shape index (κ2) is 5.41. The van der Waals surface area contributed by atoms with Gasteiger partial charge in [0, 0.05) is 18.0 Å². The van der Waals surface area contributed by atoms with Gasteiger partial charge in [-0.25, -0.2) is 0 Å². The summed E-state index contributed by atoms with van der Waals surface area (Å²) in [5, 5.41) is 0. The fourth-order valence-electron chi connectivity index (χ4n) is 3.16. The summed E-state index contributed by atoms with van der Waals surface area (Å²) >= 11 is 0. The number of hydrogen-bond donors (Lipinski definition) is 0. The van der Waals surface area contributed by atoms with Gasteiger partial charge in [0.25, 0.3) is 0 Å². The van der Waals surface area contributed by atoms with Gasteiger partial charge in [-0.1, -0.05) is 30.2 Å². The molecule has 18 heavy (non-hydrogen) atoms. The molecule has 3 heteroatoms. The lowest BCUT2D eigenvalue weighted by atomic mass is 10.0. The van der Waals surface area contributed by atoms with E-state index in [9.17, 15) is 4.79 Å². The molecule has 1 saturated heterocycles. The lowest BCUT2D eigenvalue weighted by Crippen LogP contribution is -2.32. The van der Waals surface area contributed by atoms with Gasteiger partial charge in [-0.15, -0.1) is 12.4 Å². The van der Waals surface area contributed by atoms with Gasteiger partial charge in [0.15, 0.2) is 5.78 Å². The van der Waals surface area contributed by atoms with Crippen LogP contribution in [-0.2, 0) is 0 Å². The monoisotopic (exact) mass is 265 g/mol. The largest absolute Gasteiger partial charge is 0.296 e. The molecule has 1 heterocycles. The second-order valence-corrected chi connectivity index (χ2v) is 5.33. The number of nitrogens with zero attached hydrogens (tertiary/aromatic N) is 1. The zero-order chi connectivity index (χ0) is 11.8. The summed E-state index contributed by atoms with van der Waals surface area (Å²) < 4.78 is 0. The molecule has 1 aliphatic carbocycles. The van der Waals surface area contributed by atoms with E-state index in [0.717, 1.165) is 18.7 Å². The smallest absolute Gasteiger partial charge is 0.165 e. The quantitative estimate of drug-likeness (QED) is 0.774. The summed E-state index contributed by atoms with van der Waals surface area (Å²) in [6, 6.07) is 6.63. The highest BCUT2D eigenvalue weighted by Crippen LogP contribution is 2.37. The van der Waals surface area contributed by atoms with Gasteiger partial charge >= 0.3 is 0 Å². The van der Waals surface area contributed by atoms with Crippen molar-refractivity contribution in [2.24, 2.45) is 0 Å². The van der Waals surface area contributed by atoms with Crippen molar-refractivity contribution in [1.29, 1.82) is 0 Å². The molecular formula is C15H20ClNO. The molecule has 1 unspecified atom stereocenters. The molecule has 0 bridgehead atoms. The van der Waals surface area contributed by atoms with Crippen molar-refractivity contribution >= 4 is 18.2 Å². The molecule has 1 aliphatic heterocycles. The van der Waals surface area contributed by atoms with Crippen LogP contribution in [0.5, 0.6) is 0 Å². The first kappa shape index (κ1) is 13.6. The van der Waals surface area contributed by atoms with Gasteiger partial charge in [0.2, 0.25) is 0 Å². The molecule has 1 aromatic carbocycles. The highest BCUT2D eigenvalue weighted by atomic mass is 35.5. The fraction of sp³-hybridized carbons (Fsp3) is 0.533. The average Bonchev–Trinajstić information content (AvgIpc) is 2.67. The maximum absolute atomic E-state index is 12.0. The molecule has 1 atom stereocenters. The topological polar surface area (TPSA) is 20.3 Å². The van der Waals surface area contributed by atoms with Crippen molar-refractivity contribution in [1.82, 2.24) is 4.90 Å². The number of rotatable bonds is 1. The Morgan fingerprint density at radius 1 is 1.17 bits per heavy atom. The molecule has 0 saturated carbocycles. The Morgan fingerprint density at radius 3 is 2.61 bits per heavy atom. The minimum atomic E-state index is 0. The predicted octanol–water partition coefficient (Wildman–Crippen LogP) is 3.53. The Labute approximate surface area is 115 Å². The first-order valence-corrected chi connectivity index (χ1v) is 6.63. The van der Waals surface area contributed by atoms with Gasteiger partial charge in [-0.05, 0) is 38.4 Å². The second-order valence-electron chi connectivity index (χ2n) is 5.33. The number of hydrogen-bond acceptors (Lipinski definition) is 2. The Hall–Kier alpha value is -0.860. The Balaban J connectivity index is 0.00000120. The lowest BCUT2D eigenvalue weighted by Gasteiger charge is -2.32. The van der Waals surface area contributed by atoms with E-state index >= 15 is 0 Å². The molecule has 0 N–H and O–H groups in total. The van der Waals surface area contributed by atoms with Crippen LogP contribution in [0.1, 0.15) is 53.2 Å². The molecule has 0 spiro atoms. The van der Waals surface area contributed by atoms with Crippen LogP contribution in [0.25, 0.3) is 0 Å². The van der Waals surface area contributed by atoms with Crippen LogP contribution < -0.4 is 0 Å². The van der Waals surface area contributed by atoms with Gasteiger partial charge in [0.05, 0.1) is 0 Å². The van der Waals surface area contributed by atoms with Crippen molar-refractivity contribution in [3.8, 4) is 0 Å². The maximum Gasteiger partial charge on any atom is 0.165 e. The Morgan fingerprint density at radius 2 is 1.89 bits per heavy atom. The van der Waals surface area contributed by atoms with E-state index in [1.807, 2.05) is 6.07 Å². The highest BCUT2D eigenvalue weighted by Gasteiger charge is 2.33. The number of halogens is 1. The van der Waals surface area contributed by atoms with E-state index in [4.69, 9.17) is 0 Å². The van der Waals surface area contributed by atoms with Crippen molar-refractivity contribution in [3.63, 3.8) is 0 Å². The van der Waals surface area contributed by atoms with Gasteiger partial charge in [-0.3, -0.25) is 9.69 Å². The molecule has 3 rings (SSSR count). The van der Waals surface area contributed by atoms with E-state index in [-0.39, 0.29) is 12.4 Å². The zero-order valence-corrected chi connectivity index (χ0v) is 11.6. The van der Waals surface area contributed by atoms with Crippen LogP contribution in [0.15, 0.2) is 18.2 Å². The zero-order valence-electron chi connectivity index (χ0n) is 10.8. The molecule has 0 radical (unpaired) electrons. The lowest BCUT2D eigenvalue weighted by molar-refractivity contribution is 0.0938. The molecule has 98 valence electrons. The van der Waals surface area contributed by atoms with E-state index < -0.39 is 0 Å². The summed E-state index contributed by atoms with van der Waals surface area (Å²) in [4.78, 5) is 14.5. The number of aryl methyl sites for hydroxylation is 1. The molecule has 0 aromatic heterocycles. The summed E-state index contributed by atoms with van der Waals surface area (Å²) in [5.74, 6) is 0.329. The third kappa shape index (κ3) is 2.32. The molecule has 2 aliphatic rings. The van der Waals surface area contributed by atoms with Gasteiger partial charge in [-0.2, -0.15) is 0 Å². The number of benzene rings is 1. The van der Waals surface area contributed by atoms with Crippen molar-refractivity contribution in [2.75, 3.05) is 13.1 Å². The average molecular weight is 266 g/mol. The number of carbonyl (C=O) groups is 1. The highest BCUT2D eigenvalue weighted by molar-refractivity contribution is 6.01. The van der Waals surface area contributed by atoms with Crippen molar-refractivity contribution in [3.05, 3.63) is 34.9 Å². The standard InChI is InChI=1S/C15H19NO.ClH/c1-11-5-6-12-13(9-11)14(10-15(12)17)16-7-3-2-4-8-16;/h5-6,9,14H,2-4,7-8,10H2,1H3;1H. The summed E-state index contributed by atoms with van der Waals surface area (Å²) in [6.07, 6.45) is 4.61. The van der Waals surface area contributed by atoms with Crippen molar-refractivity contribution in [2.45, 2.75) is 38.6 Å². The van der Waals surface area contributed by atoms with Gasteiger partial charge < -0.3 is 0 Å². The summed E-state index contributed by atoms with van der Waals surface area (Å²) in [7, 11) is 0. The SMILES string of the molecule is Cc1ccc2c(c1)C(N1CCCCC1)CC2=O.Cl. The number of carbonyl (C=O) groups excluding carboxylic acids is 1. The van der Waals surface area contributed by atoms with Gasteiger partial charge in [0.1, 0.15) is 0 Å². The molecular weight excluding hydrogens is 246 g/mol. The van der Waals surface area contributed by atoms with E-state index in [1.165, 1.54) is 30.4 Å². The molecule has 1 fully saturated rings. The third-order valence-corrected chi connectivity index (χ3v) is 4.08. The molecule has 0 amide bonds. The number of piperidine rings is 1. The summed E-state index contributed by atoms with van der Waals surface area (Å²) in [5.41, 5.74) is 3.50. The Bertz CT molecular complexity index is 452. The van der Waals surface area contributed by atoms with E-state index in [2.05, 4.69) is 24.0 Å². The van der Waals surface area contributed by atoms with Crippen LogP contribution in [0.4, 0.5) is 0 Å². The van der Waals surface area contributed by atoms with E-state index in [1.54, 1.807) is 0 Å². The van der Waals surface area contributed by atoms with Crippen LogP contribution in [-0.4, -0.2) is 23.8 Å². The summed E-state index contributed by atoms with van der Waals surface area (Å²) in [6.45, 7) is 4.42. The molecule has 1 aromatic rings.